The normalized spacial score (nSPS) is 16.3. The van der Waals surface area contributed by atoms with E-state index in [-0.39, 0.29) is 5.56 Å². The van der Waals surface area contributed by atoms with E-state index in [2.05, 4.69) is 15.2 Å². The van der Waals surface area contributed by atoms with Gasteiger partial charge < -0.3 is 10.4 Å². The maximum atomic E-state index is 10.9. The Morgan fingerprint density at radius 2 is 2.21 bits per heavy atom. The molecule has 0 unspecified atom stereocenters. The molecule has 0 radical (unpaired) electrons. The predicted molar refractivity (Wildman–Crippen MR) is 78.2 cm³/mol. The van der Waals surface area contributed by atoms with Crippen molar-refractivity contribution < 1.29 is 9.90 Å². The number of pyridine rings is 1. The molecule has 2 heterocycles. The van der Waals surface area contributed by atoms with Crippen LogP contribution in [0.1, 0.15) is 16.1 Å². The zero-order chi connectivity index (χ0) is 13.7. The van der Waals surface area contributed by atoms with E-state index < -0.39 is 5.97 Å². The second kappa shape index (κ2) is 6.77. The van der Waals surface area contributed by atoms with Crippen molar-refractivity contribution in [3.8, 4) is 0 Å². The number of thioether (sulfide) groups is 1. The quantitative estimate of drug-likeness (QED) is 0.853. The van der Waals surface area contributed by atoms with Crippen molar-refractivity contribution in [2.45, 2.75) is 6.92 Å². The molecule has 5 nitrogen and oxygen atoms in total. The number of rotatable bonds is 5. The number of nitrogens with one attached hydrogen (secondary N) is 1. The molecule has 0 saturated carbocycles. The molecule has 0 aliphatic carbocycles. The van der Waals surface area contributed by atoms with Crippen molar-refractivity contribution in [2.24, 2.45) is 0 Å². The van der Waals surface area contributed by atoms with Crippen LogP contribution in [0.25, 0.3) is 0 Å². The van der Waals surface area contributed by atoms with Crippen LogP contribution >= 0.6 is 11.8 Å². The van der Waals surface area contributed by atoms with E-state index in [4.69, 9.17) is 5.11 Å². The summed E-state index contributed by atoms with van der Waals surface area (Å²) >= 11 is 2.00. The molecule has 0 spiro atoms. The summed E-state index contributed by atoms with van der Waals surface area (Å²) in [5.74, 6) is 2.24. The summed E-state index contributed by atoms with van der Waals surface area (Å²) in [6.45, 7) is 5.86. The molecule has 104 valence electrons. The summed E-state index contributed by atoms with van der Waals surface area (Å²) < 4.78 is 0. The summed E-state index contributed by atoms with van der Waals surface area (Å²) in [6.07, 6.45) is 0. The standard InChI is InChI=1S/C13H19N3O2S/c1-10-11(13(17)18)2-3-12(15-10)14-4-5-16-6-8-19-9-7-16/h2-3H,4-9H2,1H3,(H,14,15)(H,17,18). The first kappa shape index (κ1) is 14.1. The molecule has 2 rings (SSSR count). The maximum Gasteiger partial charge on any atom is 0.337 e. The second-order valence-corrected chi connectivity index (χ2v) is 5.74. The van der Waals surface area contributed by atoms with Crippen LogP contribution in [-0.4, -0.2) is 58.6 Å². The highest BCUT2D eigenvalue weighted by atomic mass is 32.2. The molecule has 19 heavy (non-hydrogen) atoms. The number of carboxylic acid groups (broad SMARTS) is 1. The lowest BCUT2D eigenvalue weighted by molar-refractivity contribution is 0.0695. The molecule has 6 heteroatoms. The monoisotopic (exact) mass is 281 g/mol. The smallest absolute Gasteiger partial charge is 0.337 e. The molecule has 1 aliphatic rings. The van der Waals surface area contributed by atoms with E-state index in [1.54, 1.807) is 19.1 Å². The lowest BCUT2D eigenvalue weighted by Crippen LogP contribution is -2.36. The molecule has 1 aliphatic heterocycles. The second-order valence-electron chi connectivity index (χ2n) is 4.52. The Kier molecular flexibility index (Phi) is 5.04. The Bertz CT molecular complexity index is 448. The lowest BCUT2D eigenvalue weighted by atomic mass is 10.2. The first-order valence-electron chi connectivity index (χ1n) is 6.42. The molecule has 0 amide bonds. The fraction of sp³-hybridized carbons (Fsp3) is 0.538. The SMILES string of the molecule is Cc1nc(NCCN2CCSCC2)ccc1C(=O)O. The number of anilines is 1. The molecule has 1 saturated heterocycles. The Hall–Kier alpha value is -1.27. The number of hydrogen-bond donors (Lipinski definition) is 2. The summed E-state index contributed by atoms with van der Waals surface area (Å²) in [5, 5.41) is 12.2. The molecule has 0 bridgehead atoms. The zero-order valence-electron chi connectivity index (χ0n) is 11.1. The third-order valence-electron chi connectivity index (χ3n) is 3.15. The average molecular weight is 281 g/mol. The van der Waals surface area contributed by atoms with Crippen LogP contribution < -0.4 is 5.32 Å². The van der Waals surface area contributed by atoms with Gasteiger partial charge in [0, 0.05) is 37.7 Å². The number of aryl methyl sites for hydroxylation is 1. The Balaban J connectivity index is 1.82. The fourth-order valence-electron chi connectivity index (χ4n) is 2.05. The number of nitrogens with zero attached hydrogens (tertiary/aromatic N) is 2. The maximum absolute atomic E-state index is 10.9. The molecule has 2 N–H and O–H groups in total. The van der Waals surface area contributed by atoms with Crippen molar-refractivity contribution in [3.05, 3.63) is 23.4 Å². The molecule has 0 aromatic carbocycles. The van der Waals surface area contributed by atoms with Gasteiger partial charge in [-0.1, -0.05) is 0 Å². The van der Waals surface area contributed by atoms with E-state index in [9.17, 15) is 4.79 Å². The Morgan fingerprint density at radius 1 is 1.47 bits per heavy atom. The predicted octanol–water partition coefficient (Wildman–Crippen LogP) is 1.55. The Labute approximate surface area is 117 Å². The van der Waals surface area contributed by atoms with E-state index >= 15 is 0 Å². The van der Waals surface area contributed by atoms with Gasteiger partial charge in [0.25, 0.3) is 0 Å². The first-order valence-corrected chi connectivity index (χ1v) is 7.57. The number of carbonyl (C=O) groups is 1. The zero-order valence-corrected chi connectivity index (χ0v) is 11.9. The molecular formula is C13H19N3O2S. The molecular weight excluding hydrogens is 262 g/mol. The molecule has 1 aromatic rings. The van der Waals surface area contributed by atoms with Crippen LogP contribution in [0.15, 0.2) is 12.1 Å². The van der Waals surface area contributed by atoms with E-state index in [0.29, 0.717) is 5.69 Å². The van der Waals surface area contributed by atoms with Crippen LogP contribution in [-0.2, 0) is 0 Å². The lowest BCUT2D eigenvalue weighted by Gasteiger charge is -2.26. The molecule has 1 fully saturated rings. The van der Waals surface area contributed by atoms with Gasteiger partial charge >= 0.3 is 5.97 Å². The van der Waals surface area contributed by atoms with Crippen LogP contribution in [0.5, 0.6) is 0 Å². The van der Waals surface area contributed by atoms with Gasteiger partial charge in [-0.3, -0.25) is 4.90 Å². The van der Waals surface area contributed by atoms with Gasteiger partial charge in [-0.2, -0.15) is 11.8 Å². The highest BCUT2D eigenvalue weighted by Gasteiger charge is 2.10. The number of aromatic nitrogens is 1. The fourth-order valence-corrected chi connectivity index (χ4v) is 3.03. The third-order valence-corrected chi connectivity index (χ3v) is 4.10. The third kappa shape index (κ3) is 4.11. The molecule has 0 atom stereocenters. The van der Waals surface area contributed by atoms with Crippen molar-refractivity contribution in [3.63, 3.8) is 0 Å². The highest BCUT2D eigenvalue weighted by molar-refractivity contribution is 7.99. The minimum atomic E-state index is -0.928. The van der Waals surface area contributed by atoms with E-state index in [1.807, 2.05) is 11.8 Å². The molecule has 1 aromatic heterocycles. The number of aromatic carboxylic acids is 1. The van der Waals surface area contributed by atoms with Gasteiger partial charge in [0.2, 0.25) is 0 Å². The Morgan fingerprint density at radius 3 is 2.84 bits per heavy atom. The van der Waals surface area contributed by atoms with Crippen molar-refractivity contribution in [1.82, 2.24) is 9.88 Å². The first-order chi connectivity index (χ1) is 9.16. The minimum absolute atomic E-state index is 0.263. The number of hydrogen-bond acceptors (Lipinski definition) is 5. The summed E-state index contributed by atoms with van der Waals surface area (Å²) in [4.78, 5) is 17.6. The van der Waals surface area contributed by atoms with Gasteiger partial charge in [-0.05, 0) is 19.1 Å². The van der Waals surface area contributed by atoms with Crippen molar-refractivity contribution in [2.75, 3.05) is 43.0 Å². The van der Waals surface area contributed by atoms with Gasteiger partial charge in [0.05, 0.1) is 11.3 Å². The van der Waals surface area contributed by atoms with Gasteiger partial charge in [-0.15, -0.1) is 0 Å². The summed E-state index contributed by atoms with van der Waals surface area (Å²) in [7, 11) is 0. The van der Waals surface area contributed by atoms with Crippen LogP contribution in [0.3, 0.4) is 0 Å². The number of carboxylic acids is 1. The van der Waals surface area contributed by atoms with Crippen molar-refractivity contribution >= 4 is 23.5 Å². The average Bonchev–Trinajstić information content (AvgIpc) is 2.39. The van der Waals surface area contributed by atoms with Crippen LogP contribution in [0.4, 0.5) is 5.82 Å². The summed E-state index contributed by atoms with van der Waals surface area (Å²) in [6, 6.07) is 3.33. The largest absolute Gasteiger partial charge is 0.478 e. The minimum Gasteiger partial charge on any atom is -0.478 e. The highest BCUT2D eigenvalue weighted by Crippen LogP contribution is 2.11. The van der Waals surface area contributed by atoms with Gasteiger partial charge in [0.1, 0.15) is 5.82 Å². The van der Waals surface area contributed by atoms with E-state index in [1.165, 1.54) is 11.5 Å². The van der Waals surface area contributed by atoms with Gasteiger partial charge in [-0.25, -0.2) is 9.78 Å². The van der Waals surface area contributed by atoms with E-state index in [0.717, 1.165) is 32.0 Å². The van der Waals surface area contributed by atoms with Crippen LogP contribution in [0.2, 0.25) is 0 Å². The van der Waals surface area contributed by atoms with Crippen molar-refractivity contribution in [1.29, 1.82) is 0 Å². The van der Waals surface area contributed by atoms with Crippen LogP contribution in [0, 0.1) is 6.92 Å². The van der Waals surface area contributed by atoms with Gasteiger partial charge in [0.15, 0.2) is 0 Å². The summed E-state index contributed by atoms with van der Waals surface area (Å²) in [5.41, 5.74) is 0.811. The topological polar surface area (TPSA) is 65.5 Å².